The number of rotatable bonds is 3. The molecule has 0 saturated heterocycles. The molecule has 2 rings (SSSR count). The van der Waals surface area contributed by atoms with Crippen LogP contribution in [0.15, 0.2) is 36.4 Å². The van der Waals surface area contributed by atoms with Crippen molar-refractivity contribution in [3.63, 3.8) is 0 Å². The van der Waals surface area contributed by atoms with Crippen LogP contribution >= 0.6 is 11.8 Å². The third kappa shape index (κ3) is 2.10. The van der Waals surface area contributed by atoms with Gasteiger partial charge in [0, 0.05) is 16.7 Å². The molecule has 0 saturated carbocycles. The first kappa shape index (κ1) is 10.4. The van der Waals surface area contributed by atoms with Gasteiger partial charge in [-0.3, -0.25) is 0 Å². The molecule has 0 amide bonds. The van der Waals surface area contributed by atoms with Crippen molar-refractivity contribution in [2.75, 3.05) is 5.75 Å². The Labute approximate surface area is 94.1 Å². The number of fused-ring (bicyclic) bond motifs is 1. The zero-order valence-corrected chi connectivity index (χ0v) is 9.55. The fourth-order valence-corrected chi connectivity index (χ4v) is 2.29. The summed E-state index contributed by atoms with van der Waals surface area (Å²) in [5.74, 6) is 2.40. The molecule has 0 aliphatic heterocycles. The smallest absolute Gasteiger partial charge is 0.127 e. The van der Waals surface area contributed by atoms with Crippen LogP contribution in [0.3, 0.4) is 0 Å². The SMILES string of the molecule is CCSCc1ccc2ccccc2c1O. The average Bonchev–Trinajstić information content (AvgIpc) is 2.29. The van der Waals surface area contributed by atoms with Gasteiger partial charge < -0.3 is 5.11 Å². The van der Waals surface area contributed by atoms with Gasteiger partial charge in [-0.15, -0.1) is 0 Å². The highest BCUT2D eigenvalue weighted by Gasteiger charge is 2.04. The van der Waals surface area contributed by atoms with E-state index in [1.807, 2.05) is 42.1 Å². The third-order valence-electron chi connectivity index (χ3n) is 2.45. The second kappa shape index (κ2) is 4.58. The van der Waals surface area contributed by atoms with Crippen LogP contribution in [0.2, 0.25) is 0 Å². The van der Waals surface area contributed by atoms with Crippen molar-refractivity contribution in [3.8, 4) is 5.75 Å². The summed E-state index contributed by atoms with van der Waals surface area (Å²) in [4.78, 5) is 0. The van der Waals surface area contributed by atoms with E-state index in [1.54, 1.807) is 0 Å². The van der Waals surface area contributed by atoms with E-state index in [0.29, 0.717) is 5.75 Å². The lowest BCUT2D eigenvalue weighted by atomic mass is 10.1. The van der Waals surface area contributed by atoms with Crippen LogP contribution in [0.25, 0.3) is 10.8 Å². The Balaban J connectivity index is 2.45. The minimum atomic E-state index is 0.439. The Kier molecular flexibility index (Phi) is 3.17. The summed E-state index contributed by atoms with van der Waals surface area (Å²) in [5, 5.41) is 12.1. The van der Waals surface area contributed by atoms with Gasteiger partial charge in [0.25, 0.3) is 0 Å². The molecule has 2 aromatic carbocycles. The molecule has 0 aromatic heterocycles. The predicted molar refractivity (Wildman–Crippen MR) is 67.4 cm³/mol. The van der Waals surface area contributed by atoms with E-state index < -0.39 is 0 Å². The second-order valence-corrected chi connectivity index (χ2v) is 4.71. The first-order valence-electron chi connectivity index (χ1n) is 5.10. The third-order valence-corrected chi connectivity index (χ3v) is 3.37. The van der Waals surface area contributed by atoms with Gasteiger partial charge in [-0.2, -0.15) is 11.8 Å². The molecule has 2 aromatic rings. The first-order chi connectivity index (χ1) is 7.33. The molecular weight excluding hydrogens is 204 g/mol. The maximum atomic E-state index is 10.1. The molecule has 15 heavy (non-hydrogen) atoms. The van der Waals surface area contributed by atoms with Crippen molar-refractivity contribution in [2.45, 2.75) is 12.7 Å². The van der Waals surface area contributed by atoms with Crippen LogP contribution in [0.5, 0.6) is 5.75 Å². The molecule has 0 unspecified atom stereocenters. The average molecular weight is 218 g/mol. The summed E-state index contributed by atoms with van der Waals surface area (Å²) < 4.78 is 0. The van der Waals surface area contributed by atoms with Crippen LogP contribution in [0, 0.1) is 0 Å². The largest absolute Gasteiger partial charge is 0.507 e. The van der Waals surface area contributed by atoms with E-state index in [2.05, 4.69) is 13.0 Å². The highest BCUT2D eigenvalue weighted by Crippen LogP contribution is 2.30. The zero-order chi connectivity index (χ0) is 10.7. The summed E-state index contributed by atoms with van der Waals surface area (Å²) in [6.07, 6.45) is 0. The molecule has 0 atom stereocenters. The van der Waals surface area contributed by atoms with E-state index in [4.69, 9.17) is 0 Å². The summed E-state index contributed by atoms with van der Waals surface area (Å²) in [6.45, 7) is 2.13. The Bertz CT molecular complexity index is 465. The topological polar surface area (TPSA) is 20.2 Å². The standard InChI is InChI=1S/C13H14OS/c1-2-15-9-11-8-7-10-5-3-4-6-12(10)13(11)14/h3-8,14H,2,9H2,1H3. The highest BCUT2D eigenvalue weighted by atomic mass is 32.2. The molecule has 0 spiro atoms. The first-order valence-corrected chi connectivity index (χ1v) is 6.25. The lowest BCUT2D eigenvalue weighted by Gasteiger charge is -2.06. The van der Waals surface area contributed by atoms with Gasteiger partial charge in [-0.05, 0) is 11.1 Å². The zero-order valence-electron chi connectivity index (χ0n) is 8.73. The lowest BCUT2D eigenvalue weighted by molar-refractivity contribution is 0.477. The molecular formula is C13H14OS. The number of hydrogen-bond donors (Lipinski definition) is 1. The second-order valence-electron chi connectivity index (χ2n) is 3.43. The van der Waals surface area contributed by atoms with E-state index in [0.717, 1.165) is 27.8 Å². The Morgan fingerprint density at radius 1 is 1.13 bits per heavy atom. The number of phenolic OH excluding ortho intramolecular Hbond substituents is 1. The van der Waals surface area contributed by atoms with Crippen LogP contribution < -0.4 is 0 Å². The van der Waals surface area contributed by atoms with Crippen molar-refractivity contribution < 1.29 is 5.11 Å². The Morgan fingerprint density at radius 3 is 2.73 bits per heavy atom. The van der Waals surface area contributed by atoms with Gasteiger partial charge >= 0.3 is 0 Å². The molecule has 0 aliphatic rings. The van der Waals surface area contributed by atoms with Crippen molar-refractivity contribution >= 4 is 22.5 Å². The Hall–Kier alpha value is -1.15. The van der Waals surface area contributed by atoms with Gasteiger partial charge in [0.1, 0.15) is 5.75 Å². The number of thioether (sulfide) groups is 1. The molecule has 78 valence electrons. The van der Waals surface area contributed by atoms with Crippen molar-refractivity contribution in [1.29, 1.82) is 0 Å². The fourth-order valence-electron chi connectivity index (χ4n) is 1.63. The summed E-state index contributed by atoms with van der Waals surface area (Å²) in [6, 6.07) is 12.0. The van der Waals surface area contributed by atoms with E-state index in [9.17, 15) is 5.11 Å². The Morgan fingerprint density at radius 2 is 1.93 bits per heavy atom. The number of benzene rings is 2. The van der Waals surface area contributed by atoms with Crippen LogP contribution in [0.4, 0.5) is 0 Å². The normalized spacial score (nSPS) is 10.7. The predicted octanol–water partition coefficient (Wildman–Crippen LogP) is 3.80. The van der Waals surface area contributed by atoms with Crippen molar-refractivity contribution in [2.24, 2.45) is 0 Å². The maximum Gasteiger partial charge on any atom is 0.127 e. The molecule has 2 heteroatoms. The van der Waals surface area contributed by atoms with Gasteiger partial charge in [0.2, 0.25) is 0 Å². The molecule has 1 N–H and O–H groups in total. The number of phenols is 1. The van der Waals surface area contributed by atoms with E-state index in [-0.39, 0.29) is 0 Å². The van der Waals surface area contributed by atoms with Gasteiger partial charge in [0.15, 0.2) is 0 Å². The highest BCUT2D eigenvalue weighted by molar-refractivity contribution is 7.98. The van der Waals surface area contributed by atoms with Gasteiger partial charge in [0.05, 0.1) is 0 Å². The molecule has 0 fully saturated rings. The van der Waals surface area contributed by atoms with Crippen LogP contribution in [0.1, 0.15) is 12.5 Å². The summed E-state index contributed by atoms with van der Waals surface area (Å²) >= 11 is 1.82. The van der Waals surface area contributed by atoms with Crippen LogP contribution in [-0.4, -0.2) is 10.9 Å². The molecule has 0 radical (unpaired) electrons. The number of aromatic hydroxyl groups is 1. The van der Waals surface area contributed by atoms with E-state index in [1.165, 1.54) is 0 Å². The van der Waals surface area contributed by atoms with Gasteiger partial charge in [-0.1, -0.05) is 43.3 Å². The fraction of sp³-hybridized carbons (Fsp3) is 0.231. The minimum absolute atomic E-state index is 0.439. The molecule has 1 nitrogen and oxygen atoms in total. The molecule has 0 heterocycles. The van der Waals surface area contributed by atoms with Crippen molar-refractivity contribution in [1.82, 2.24) is 0 Å². The van der Waals surface area contributed by atoms with Crippen LogP contribution in [-0.2, 0) is 5.75 Å². The van der Waals surface area contributed by atoms with E-state index >= 15 is 0 Å². The molecule has 0 aliphatic carbocycles. The lowest BCUT2D eigenvalue weighted by Crippen LogP contribution is -1.84. The van der Waals surface area contributed by atoms with Crippen molar-refractivity contribution in [3.05, 3.63) is 42.0 Å². The molecule has 0 bridgehead atoms. The summed E-state index contributed by atoms with van der Waals surface area (Å²) in [5.41, 5.74) is 1.03. The summed E-state index contributed by atoms with van der Waals surface area (Å²) in [7, 11) is 0. The van der Waals surface area contributed by atoms with Gasteiger partial charge in [-0.25, -0.2) is 0 Å². The monoisotopic (exact) mass is 218 g/mol. The quantitative estimate of drug-likeness (QED) is 0.845. The minimum Gasteiger partial charge on any atom is -0.507 e. The number of hydrogen-bond acceptors (Lipinski definition) is 2. The maximum absolute atomic E-state index is 10.1.